The van der Waals surface area contributed by atoms with Gasteiger partial charge in [-0.1, -0.05) is 15.9 Å². The average molecular weight is 364 g/mol. The smallest absolute Gasteiger partial charge is 0.239 e. The molecule has 0 spiro atoms. The van der Waals surface area contributed by atoms with E-state index in [4.69, 9.17) is 0 Å². The fraction of sp³-hybridized carbons (Fsp3) is 0.417. The van der Waals surface area contributed by atoms with Crippen LogP contribution in [0.1, 0.15) is 20.8 Å². The van der Waals surface area contributed by atoms with Crippen molar-refractivity contribution >= 4 is 43.5 Å². The van der Waals surface area contributed by atoms with Crippen molar-refractivity contribution in [2.24, 2.45) is 0 Å². The van der Waals surface area contributed by atoms with Gasteiger partial charge in [0, 0.05) is 20.2 Å². The molecule has 0 saturated heterocycles. The van der Waals surface area contributed by atoms with Crippen molar-refractivity contribution in [1.29, 1.82) is 0 Å². The first-order valence-electron chi connectivity index (χ1n) is 5.28. The molecule has 0 atom stereocenters. The van der Waals surface area contributed by atoms with Crippen LogP contribution >= 0.6 is 31.9 Å². The predicted molar refractivity (Wildman–Crippen MR) is 78.2 cm³/mol. The molecule has 5 heteroatoms. The Morgan fingerprint density at radius 2 is 1.94 bits per heavy atom. The highest BCUT2D eigenvalue weighted by Gasteiger charge is 2.13. The van der Waals surface area contributed by atoms with Gasteiger partial charge in [0.05, 0.1) is 6.54 Å². The quantitative estimate of drug-likeness (QED) is 0.862. The van der Waals surface area contributed by atoms with E-state index >= 15 is 0 Å². The van der Waals surface area contributed by atoms with Crippen molar-refractivity contribution in [2.75, 3.05) is 11.9 Å². The molecule has 0 radical (unpaired) electrons. The summed E-state index contributed by atoms with van der Waals surface area (Å²) >= 11 is 6.81. The van der Waals surface area contributed by atoms with Crippen LogP contribution in [0.25, 0.3) is 0 Å². The Labute approximate surface area is 119 Å². The Kier molecular flexibility index (Phi) is 5.01. The molecular weight excluding hydrogens is 348 g/mol. The number of nitrogens with one attached hydrogen (secondary N) is 2. The first-order valence-corrected chi connectivity index (χ1v) is 6.86. The van der Waals surface area contributed by atoms with Gasteiger partial charge in [0.2, 0.25) is 5.91 Å². The standard InChI is InChI=1S/C12H16Br2N2O/c1-12(2,3)16-11(17)7-15-10-5-4-8(13)6-9(10)14/h4-6,15H,7H2,1-3H3,(H,16,17). The van der Waals surface area contributed by atoms with Gasteiger partial charge in [0.15, 0.2) is 0 Å². The fourth-order valence-corrected chi connectivity index (χ4v) is 2.46. The summed E-state index contributed by atoms with van der Waals surface area (Å²) < 4.78 is 1.92. The Hall–Kier alpha value is -0.550. The van der Waals surface area contributed by atoms with E-state index in [0.29, 0.717) is 0 Å². The zero-order chi connectivity index (χ0) is 13.1. The summed E-state index contributed by atoms with van der Waals surface area (Å²) in [6, 6.07) is 5.78. The maximum atomic E-state index is 11.6. The molecule has 94 valence electrons. The Morgan fingerprint density at radius 1 is 1.29 bits per heavy atom. The molecule has 1 aromatic rings. The van der Waals surface area contributed by atoms with Gasteiger partial charge in [-0.3, -0.25) is 4.79 Å². The summed E-state index contributed by atoms with van der Waals surface area (Å²) in [5, 5.41) is 5.98. The molecule has 0 bridgehead atoms. The molecule has 0 aliphatic rings. The van der Waals surface area contributed by atoms with E-state index < -0.39 is 0 Å². The van der Waals surface area contributed by atoms with Gasteiger partial charge in [-0.25, -0.2) is 0 Å². The average Bonchev–Trinajstić information content (AvgIpc) is 2.13. The van der Waals surface area contributed by atoms with E-state index in [2.05, 4.69) is 42.5 Å². The lowest BCUT2D eigenvalue weighted by atomic mass is 10.1. The second-order valence-electron chi connectivity index (χ2n) is 4.78. The highest BCUT2D eigenvalue weighted by molar-refractivity contribution is 9.11. The third-order valence-corrected chi connectivity index (χ3v) is 3.03. The van der Waals surface area contributed by atoms with Crippen molar-refractivity contribution in [3.63, 3.8) is 0 Å². The number of carbonyl (C=O) groups is 1. The van der Waals surface area contributed by atoms with E-state index in [0.717, 1.165) is 14.6 Å². The number of amides is 1. The molecule has 0 saturated carbocycles. The summed E-state index contributed by atoms with van der Waals surface area (Å²) in [6.07, 6.45) is 0. The highest BCUT2D eigenvalue weighted by Crippen LogP contribution is 2.25. The maximum Gasteiger partial charge on any atom is 0.239 e. The van der Waals surface area contributed by atoms with Crippen molar-refractivity contribution in [3.05, 3.63) is 27.1 Å². The summed E-state index contributed by atoms with van der Waals surface area (Å²) in [7, 11) is 0. The number of anilines is 1. The summed E-state index contributed by atoms with van der Waals surface area (Å²) in [4.78, 5) is 11.6. The van der Waals surface area contributed by atoms with Crippen LogP contribution in [0.3, 0.4) is 0 Å². The highest BCUT2D eigenvalue weighted by atomic mass is 79.9. The van der Waals surface area contributed by atoms with Crippen LogP contribution in [0.4, 0.5) is 5.69 Å². The molecule has 0 aromatic heterocycles. The number of halogens is 2. The Bertz CT molecular complexity index is 413. The van der Waals surface area contributed by atoms with Crippen LogP contribution in [0.15, 0.2) is 27.1 Å². The zero-order valence-corrected chi connectivity index (χ0v) is 13.3. The molecule has 1 aromatic carbocycles. The second-order valence-corrected chi connectivity index (χ2v) is 6.55. The van der Waals surface area contributed by atoms with E-state index in [1.54, 1.807) is 0 Å². The van der Waals surface area contributed by atoms with Crippen LogP contribution in [0.2, 0.25) is 0 Å². The van der Waals surface area contributed by atoms with Gasteiger partial charge in [-0.05, 0) is 54.9 Å². The minimum atomic E-state index is -0.199. The van der Waals surface area contributed by atoms with E-state index in [1.165, 1.54) is 0 Å². The lowest BCUT2D eigenvalue weighted by molar-refractivity contribution is -0.120. The number of rotatable bonds is 3. The van der Waals surface area contributed by atoms with Crippen molar-refractivity contribution in [2.45, 2.75) is 26.3 Å². The van der Waals surface area contributed by atoms with Crippen LogP contribution in [0, 0.1) is 0 Å². The van der Waals surface area contributed by atoms with Crippen LogP contribution in [-0.2, 0) is 4.79 Å². The molecule has 0 fully saturated rings. The van der Waals surface area contributed by atoms with Crippen molar-refractivity contribution in [1.82, 2.24) is 5.32 Å². The Morgan fingerprint density at radius 3 is 2.47 bits per heavy atom. The number of hydrogen-bond donors (Lipinski definition) is 2. The van der Waals surface area contributed by atoms with Crippen molar-refractivity contribution in [3.8, 4) is 0 Å². The van der Waals surface area contributed by atoms with Gasteiger partial charge < -0.3 is 10.6 Å². The first-order chi connectivity index (χ1) is 7.78. The van der Waals surface area contributed by atoms with E-state index in [9.17, 15) is 4.79 Å². The normalized spacial score (nSPS) is 11.1. The van der Waals surface area contributed by atoms with E-state index in [1.807, 2.05) is 39.0 Å². The molecular formula is C12H16Br2N2O. The number of carbonyl (C=O) groups excluding carboxylic acids is 1. The molecule has 1 amide bonds. The largest absolute Gasteiger partial charge is 0.375 e. The molecule has 0 unspecified atom stereocenters. The maximum absolute atomic E-state index is 11.6. The third-order valence-electron chi connectivity index (χ3n) is 1.88. The lowest BCUT2D eigenvalue weighted by Crippen LogP contribution is -2.43. The van der Waals surface area contributed by atoms with Crippen molar-refractivity contribution < 1.29 is 4.79 Å². The van der Waals surface area contributed by atoms with Crippen LogP contribution in [0.5, 0.6) is 0 Å². The second kappa shape index (κ2) is 5.87. The monoisotopic (exact) mass is 362 g/mol. The van der Waals surface area contributed by atoms with Gasteiger partial charge in [0.25, 0.3) is 0 Å². The summed E-state index contributed by atoms with van der Waals surface area (Å²) in [5.74, 6) is -0.0210. The van der Waals surface area contributed by atoms with Crippen LogP contribution in [-0.4, -0.2) is 18.0 Å². The first kappa shape index (κ1) is 14.5. The molecule has 2 N–H and O–H groups in total. The fourth-order valence-electron chi connectivity index (χ4n) is 1.27. The SMILES string of the molecule is CC(C)(C)NC(=O)CNc1ccc(Br)cc1Br. The van der Waals surface area contributed by atoms with Gasteiger partial charge >= 0.3 is 0 Å². The molecule has 3 nitrogen and oxygen atoms in total. The summed E-state index contributed by atoms with van der Waals surface area (Å²) in [6.45, 7) is 6.14. The Balaban J connectivity index is 2.53. The lowest BCUT2D eigenvalue weighted by Gasteiger charge is -2.20. The molecule has 0 heterocycles. The minimum Gasteiger partial charge on any atom is -0.375 e. The zero-order valence-electron chi connectivity index (χ0n) is 10.1. The van der Waals surface area contributed by atoms with Gasteiger partial charge in [-0.2, -0.15) is 0 Å². The van der Waals surface area contributed by atoms with E-state index in [-0.39, 0.29) is 18.0 Å². The molecule has 1 rings (SSSR count). The molecule has 0 aliphatic carbocycles. The van der Waals surface area contributed by atoms with Gasteiger partial charge in [0.1, 0.15) is 0 Å². The molecule has 0 aliphatic heterocycles. The number of benzene rings is 1. The number of hydrogen-bond acceptors (Lipinski definition) is 2. The minimum absolute atomic E-state index is 0.0210. The molecule has 17 heavy (non-hydrogen) atoms. The summed E-state index contributed by atoms with van der Waals surface area (Å²) in [5.41, 5.74) is 0.702. The third kappa shape index (κ3) is 5.55. The van der Waals surface area contributed by atoms with Crippen LogP contribution < -0.4 is 10.6 Å². The topological polar surface area (TPSA) is 41.1 Å². The predicted octanol–water partition coefficient (Wildman–Crippen LogP) is 3.54. The van der Waals surface area contributed by atoms with Gasteiger partial charge in [-0.15, -0.1) is 0 Å².